The monoisotopic (exact) mass is 482 g/mol. The van der Waals surface area contributed by atoms with Crippen molar-refractivity contribution in [3.8, 4) is 0 Å². The molecule has 0 aromatic rings. The van der Waals surface area contributed by atoms with E-state index in [2.05, 4.69) is 0 Å². The van der Waals surface area contributed by atoms with Gasteiger partial charge < -0.3 is 30.6 Å². The van der Waals surface area contributed by atoms with Crippen molar-refractivity contribution < 1.29 is 35.4 Å². The van der Waals surface area contributed by atoms with Crippen LogP contribution in [-0.4, -0.2) is 72.0 Å². The van der Waals surface area contributed by atoms with E-state index in [-0.39, 0.29) is 54.6 Å². The van der Waals surface area contributed by atoms with Crippen molar-refractivity contribution in [1.29, 1.82) is 0 Å². The van der Waals surface area contributed by atoms with Crippen LogP contribution in [0, 0.1) is 40.4 Å². The first-order chi connectivity index (χ1) is 15.6. The molecule has 12 atom stereocenters. The zero-order valence-corrected chi connectivity index (χ0v) is 21.4. The second-order valence-electron chi connectivity index (χ2n) is 13.3. The van der Waals surface area contributed by atoms with Gasteiger partial charge in [-0.1, -0.05) is 27.7 Å². The molecule has 0 heterocycles. The van der Waals surface area contributed by atoms with E-state index in [1.54, 1.807) is 6.92 Å². The van der Waals surface area contributed by atoms with Crippen LogP contribution in [0.25, 0.3) is 0 Å². The first kappa shape index (κ1) is 26.5. The summed E-state index contributed by atoms with van der Waals surface area (Å²) in [6, 6.07) is 0. The van der Waals surface area contributed by atoms with E-state index in [1.807, 2.05) is 27.7 Å². The average Bonchev–Trinajstić information content (AvgIpc) is 3.02. The van der Waals surface area contributed by atoms with Crippen molar-refractivity contribution in [1.82, 2.24) is 0 Å². The van der Waals surface area contributed by atoms with Crippen LogP contribution >= 0.6 is 0 Å². The standard InChI is InChI=1S/C27H46O7/c1-14(2)18(28)12-23(32)26(5,33)22-7-9-27(34)16-10-19(29)17-11-20(30)21(31)13-24(17,3)15(16)6-8-25(22,27)4/h14-18,20-23,28,30-34H,6-13H2,1-5H3/t15-,16+,17-,18-,20+,21-,22-,23+,24+,25+,26+,27+/m0/s1. The predicted molar refractivity (Wildman–Crippen MR) is 127 cm³/mol. The van der Waals surface area contributed by atoms with Crippen molar-refractivity contribution in [3.63, 3.8) is 0 Å². The van der Waals surface area contributed by atoms with Gasteiger partial charge in [0.05, 0.1) is 35.6 Å². The second-order valence-corrected chi connectivity index (χ2v) is 13.3. The van der Waals surface area contributed by atoms with Gasteiger partial charge in [0, 0.05) is 24.2 Å². The highest BCUT2D eigenvalue weighted by atomic mass is 16.3. The number of carbonyl (C=O) groups excluding carboxylic acids is 1. The second kappa shape index (κ2) is 8.49. The summed E-state index contributed by atoms with van der Waals surface area (Å²) in [6.07, 6.45) is -0.254. The normalized spacial score (nSPS) is 50.2. The zero-order chi connectivity index (χ0) is 25.4. The summed E-state index contributed by atoms with van der Waals surface area (Å²) < 4.78 is 0. The number of aliphatic hydroxyl groups is 6. The largest absolute Gasteiger partial charge is 0.393 e. The summed E-state index contributed by atoms with van der Waals surface area (Å²) in [5, 5.41) is 65.9. The molecule has 0 aromatic carbocycles. The SMILES string of the molecule is CC(C)[C@@H](O)C[C@@H](O)[C@](C)(O)[C@H]1CC[C@@]2(O)[C@@H]3CC(=O)[C@@H]4C[C@@H](O)[C@@H](O)C[C@]4(C)[C@H]3CC[C@]12C. The lowest BCUT2D eigenvalue weighted by Gasteiger charge is -2.64. The molecule has 7 nitrogen and oxygen atoms in total. The molecule has 0 saturated heterocycles. The van der Waals surface area contributed by atoms with Crippen LogP contribution in [-0.2, 0) is 4.79 Å². The van der Waals surface area contributed by atoms with Gasteiger partial charge in [0.25, 0.3) is 0 Å². The minimum Gasteiger partial charge on any atom is -0.393 e. The molecule has 7 heteroatoms. The van der Waals surface area contributed by atoms with Gasteiger partial charge in [-0.2, -0.15) is 0 Å². The van der Waals surface area contributed by atoms with E-state index in [0.29, 0.717) is 25.7 Å². The summed E-state index contributed by atoms with van der Waals surface area (Å²) in [4.78, 5) is 13.3. The molecule has 0 spiro atoms. The molecule has 4 rings (SSSR count). The summed E-state index contributed by atoms with van der Waals surface area (Å²) in [5.74, 6) is -0.890. The highest BCUT2D eigenvalue weighted by Crippen LogP contribution is 2.69. The average molecular weight is 483 g/mol. The van der Waals surface area contributed by atoms with Crippen molar-refractivity contribution in [2.24, 2.45) is 40.4 Å². The molecule has 0 aromatic heterocycles. The lowest BCUT2D eigenvalue weighted by atomic mass is 9.42. The topological polar surface area (TPSA) is 138 Å². The van der Waals surface area contributed by atoms with Gasteiger partial charge in [0.1, 0.15) is 5.78 Å². The molecule has 4 aliphatic rings. The van der Waals surface area contributed by atoms with Crippen LogP contribution in [0.15, 0.2) is 0 Å². The Labute approximate surface area is 203 Å². The summed E-state index contributed by atoms with van der Waals surface area (Å²) in [7, 11) is 0. The first-order valence-electron chi connectivity index (χ1n) is 13.3. The Morgan fingerprint density at radius 3 is 2.32 bits per heavy atom. The Morgan fingerprint density at radius 2 is 1.71 bits per heavy atom. The van der Waals surface area contributed by atoms with Gasteiger partial charge in [0.15, 0.2) is 0 Å². The maximum absolute atomic E-state index is 13.3. The van der Waals surface area contributed by atoms with Crippen LogP contribution in [0.1, 0.15) is 86.0 Å². The Morgan fingerprint density at radius 1 is 1.06 bits per heavy atom. The summed E-state index contributed by atoms with van der Waals surface area (Å²) >= 11 is 0. The summed E-state index contributed by atoms with van der Waals surface area (Å²) in [6.45, 7) is 9.42. The van der Waals surface area contributed by atoms with Crippen LogP contribution in [0.4, 0.5) is 0 Å². The van der Waals surface area contributed by atoms with E-state index < -0.39 is 46.4 Å². The smallest absolute Gasteiger partial charge is 0.137 e. The van der Waals surface area contributed by atoms with Crippen molar-refractivity contribution in [2.75, 3.05) is 0 Å². The predicted octanol–water partition coefficient (Wildman–Crippen LogP) is 1.79. The Kier molecular flexibility index (Phi) is 6.61. The van der Waals surface area contributed by atoms with E-state index >= 15 is 0 Å². The number of fused-ring (bicyclic) bond motifs is 5. The number of rotatable bonds is 5. The number of hydrogen-bond acceptors (Lipinski definition) is 7. The molecule has 4 saturated carbocycles. The molecule has 196 valence electrons. The highest BCUT2D eigenvalue weighted by Gasteiger charge is 2.71. The molecule has 0 aliphatic heterocycles. The van der Waals surface area contributed by atoms with Crippen molar-refractivity contribution >= 4 is 5.78 Å². The Balaban J connectivity index is 1.63. The maximum Gasteiger partial charge on any atom is 0.137 e. The van der Waals surface area contributed by atoms with Crippen LogP contribution in [0.5, 0.6) is 0 Å². The Bertz CT molecular complexity index is 798. The fourth-order valence-corrected chi connectivity index (χ4v) is 8.93. The third-order valence-corrected chi connectivity index (χ3v) is 11.3. The number of hydrogen-bond donors (Lipinski definition) is 6. The quantitative estimate of drug-likeness (QED) is 0.351. The first-order valence-corrected chi connectivity index (χ1v) is 13.3. The molecular weight excluding hydrogens is 436 g/mol. The lowest BCUT2D eigenvalue weighted by Crippen LogP contribution is -2.66. The third-order valence-electron chi connectivity index (χ3n) is 11.3. The van der Waals surface area contributed by atoms with E-state index in [1.165, 1.54) is 0 Å². The van der Waals surface area contributed by atoms with Gasteiger partial charge in [-0.15, -0.1) is 0 Å². The minimum atomic E-state index is -1.49. The maximum atomic E-state index is 13.3. The number of ketones is 1. The fraction of sp³-hybridized carbons (Fsp3) is 0.963. The van der Waals surface area contributed by atoms with Crippen LogP contribution in [0.2, 0.25) is 0 Å². The van der Waals surface area contributed by atoms with E-state index in [0.717, 1.165) is 6.42 Å². The van der Waals surface area contributed by atoms with Crippen molar-refractivity contribution in [3.05, 3.63) is 0 Å². The number of Topliss-reactive ketones (excluding diaryl/α,β-unsaturated/α-hetero) is 1. The van der Waals surface area contributed by atoms with Crippen molar-refractivity contribution in [2.45, 2.75) is 122 Å². The molecule has 4 aliphatic carbocycles. The molecule has 34 heavy (non-hydrogen) atoms. The number of carbonyl (C=O) groups is 1. The molecule has 6 N–H and O–H groups in total. The third kappa shape index (κ3) is 3.64. The van der Waals surface area contributed by atoms with Crippen LogP contribution in [0.3, 0.4) is 0 Å². The highest BCUT2D eigenvalue weighted by molar-refractivity contribution is 5.83. The van der Waals surface area contributed by atoms with Gasteiger partial charge >= 0.3 is 0 Å². The molecule has 0 amide bonds. The molecule has 4 fully saturated rings. The number of aliphatic hydroxyl groups excluding tert-OH is 4. The van der Waals surface area contributed by atoms with E-state index in [9.17, 15) is 35.4 Å². The van der Waals surface area contributed by atoms with E-state index in [4.69, 9.17) is 0 Å². The lowest BCUT2D eigenvalue weighted by molar-refractivity contribution is -0.233. The van der Waals surface area contributed by atoms with Gasteiger partial charge in [-0.25, -0.2) is 0 Å². The van der Waals surface area contributed by atoms with Gasteiger partial charge in [-0.05, 0) is 74.5 Å². The molecule has 0 unspecified atom stereocenters. The summed E-state index contributed by atoms with van der Waals surface area (Å²) in [5.41, 5.74) is -3.81. The van der Waals surface area contributed by atoms with Crippen LogP contribution < -0.4 is 0 Å². The molecular formula is C27H46O7. The molecule has 0 radical (unpaired) electrons. The zero-order valence-electron chi connectivity index (χ0n) is 21.4. The fourth-order valence-electron chi connectivity index (χ4n) is 8.93. The Hall–Kier alpha value is -0.570. The van der Waals surface area contributed by atoms with Gasteiger partial charge in [0.2, 0.25) is 0 Å². The van der Waals surface area contributed by atoms with Gasteiger partial charge in [-0.3, -0.25) is 4.79 Å². The minimum absolute atomic E-state index is 0.0386. The molecule has 0 bridgehead atoms.